The Hall–Kier alpha value is -2.50. The molecule has 6 nitrogen and oxygen atoms in total. The monoisotopic (exact) mass is 256 g/mol. The number of amidine groups is 1. The lowest BCUT2D eigenvalue weighted by Crippen LogP contribution is -2.27. The summed E-state index contributed by atoms with van der Waals surface area (Å²) >= 11 is 0. The molecule has 0 aliphatic rings. The number of aromatic nitrogens is 3. The zero-order chi connectivity index (χ0) is 13.7. The van der Waals surface area contributed by atoms with E-state index in [2.05, 4.69) is 15.2 Å². The van der Waals surface area contributed by atoms with Crippen molar-refractivity contribution >= 4 is 11.7 Å². The zero-order valence-electron chi connectivity index (χ0n) is 10.7. The van der Waals surface area contributed by atoms with Crippen molar-refractivity contribution < 1.29 is 0 Å². The second-order valence-corrected chi connectivity index (χ2v) is 4.02. The molecule has 0 unspecified atom stereocenters. The summed E-state index contributed by atoms with van der Waals surface area (Å²) in [4.78, 5) is 6.28. The fourth-order valence-electron chi connectivity index (χ4n) is 1.79. The van der Waals surface area contributed by atoms with Crippen LogP contribution in [-0.4, -0.2) is 27.6 Å². The quantitative estimate of drug-likeness (QED) is 0.619. The molecule has 0 atom stereocenters. The van der Waals surface area contributed by atoms with Crippen LogP contribution in [0.25, 0.3) is 0 Å². The maximum absolute atomic E-state index is 7.59. The fourth-order valence-corrected chi connectivity index (χ4v) is 1.79. The minimum Gasteiger partial charge on any atom is -0.384 e. The maximum atomic E-state index is 7.59. The Balaban J connectivity index is 2.30. The summed E-state index contributed by atoms with van der Waals surface area (Å²) in [5.74, 6) is 0.604. The van der Waals surface area contributed by atoms with E-state index in [4.69, 9.17) is 11.1 Å². The Morgan fingerprint density at radius 3 is 2.79 bits per heavy atom. The van der Waals surface area contributed by atoms with Gasteiger partial charge in [0.05, 0.1) is 24.0 Å². The number of nitrogens with one attached hydrogen (secondary N) is 1. The first-order chi connectivity index (χ1) is 9.22. The number of hydrogen-bond acceptors (Lipinski definition) is 5. The van der Waals surface area contributed by atoms with Crippen LogP contribution in [0.4, 0.5) is 5.82 Å². The van der Waals surface area contributed by atoms with Gasteiger partial charge in [-0.3, -0.25) is 10.4 Å². The molecule has 2 aromatic heterocycles. The van der Waals surface area contributed by atoms with Crippen LogP contribution < -0.4 is 10.6 Å². The van der Waals surface area contributed by atoms with E-state index in [-0.39, 0.29) is 5.84 Å². The number of nitrogens with zero attached hydrogens (tertiary/aromatic N) is 4. The third-order valence-electron chi connectivity index (χ3n) is 2.75. The van der Waals surface area contributed by atoms with Gasteiger partial charge < -0.3 is 10.6 Å². The van der Waals surface area contributed by atoms with Gasteiger partial charge in [-0.15, -0.1) is 5.10 Å². The molecular formula is C13H16N6. The molecule has 0 spiro atoms. The number of nitrogen functional groups attached to an aromatic ring is 1. The van der Waals surface area contributed by atoms with Gasteiger partial charge in [0, 0.05) is 12.7 Å². The van der Waals surface area contributed by atoms with Crippen molar-refractivity contribution in [2.75, 3.05) is 11.4 Å². The Morgan fingerprint density at radius 1 is 1.32 bits per heavy atom. The molecule has 0 radical (unpaired) electrons. The van der Waals surface area contributed by atoms with E-state index >= 15 is 0 Å². The Kier molecular flexibility index (Phi) is 4.02. The molecule has 0 saturated heterocycles. The van der Waals surface area contributed by atoms with Gasteiger partial charge in [0.2, 0.25) is 0 Å². The van der Waals surface area contributed by atoms with Crippen LogP contribution in [-0.2, 0) is 6.54 Å². The average Bonchev–Trinajstić information content (AvgIpc) is 2.46. The van der Waals surface area contributed by atoms with Crippen LogP contribution in [0.2, 0.25) is 0 Å². The minimum atomic E-state index is -0.00984. The summed E-state index contributed by atoms with van der Waals surface area (Å²) in [6.45, 7) is 3.35. The summed E-state index contributed by atoms with van der Waals surface area (Å²) < 4.78 is 0. The normalized spacial score (nSPS) is 10.2. The van der Waals surface area contributed by atoms with Gasteiger partial charge in [-0.1, -0.05) is 6.07 Å². The van der Waals surface area contributed by atoms with Crippen molar-refractivity contribution in [1.29, 1.82) is 5.41 Å². The molecule has 2 aromatic rings. The Morgan fingerprint density at radius 2 is 2.16 bits per heavy atom. The molecule has 0 aliphatic carbocycles. The minimum absolute atomic E-state index is 0.00984. The highest BCUT2D eigenvalue weighted by Crippen LogP contribution is 2.17. The topological polar surface area (TPSA) is 91.8 Å². The second-order valence-electron chi connectivity index (χ2n) is 4.02. The van der Waals surface area contributed by atoms with Crippen molar-refractivity contribution in [2.24, 2.45) is 5.73 Å². The smallest absolute Gasteiger partial charge is 0.162 e. The number of rotatable bonds is 5. The zero-order valence-corrected chi connectivity index (χ0v) is 10.7. The summed E-state index contributed by atoms with van der Waals surface area (Å²) in [5.41, 5.74) is 7.10. The first-order valence-electron chi connectivity index (χ1n) is 6.03. The highest BCUT2D eigenvalue weighted by atomic mass is 15.3. The molecule has 6 heteroatoms. The van der Waals surface area contributed by atoms with Crippen molar-refractivity contribution in [3.63, 3.8) is 0 Å². The van der Waals surface area contributed by atoms with Gasteiger partial charge in [-0.25, -0.2) is 0 Å². The summed E-state index contributed by atoms with van der Waals surface area (Å²) in [6, 6.07) is 7.47. The largest absolute Gasteiger partial charge is 0.384 e. The fraction of sp³-hybridized carbons (Fsp3) is 0.231. The first kappa shape index (κ1) is 12.9. The number of pyridine rings is 1. The molecule has 2 rings (SSSR count). The van der Waals surface area contributed by atoms with Gasteiger partial charge in [0.1, 0.15) is 5.84 Å². The molecule has 0 bridgehead atoms. The third-order valence-corrected chi connectivity index (χ3v) is 2.75. The molecule has 3 N–H and O–H groups in total. The van der Waals surface area contributed by atoms with Crippen molar-refractivity contribution in [3.8, 4) is 0 Å². The van der Waals surface area contributed by atoms with E-state index in [1.807, 2.05) is 30.0 Å². The van der Waals surface area contributed by atoms with Gasteiger partial charge in [0.25, 0.3) is 0 Å². The molecule has 0 saturated carbocycles. The summed E-state index contributed by atoms with van der Waals surface area (Å²) in [6.07, 6.45) is 3.29. The summed E-state index contributed by atoms with van der Waals surface area (Å²) in [5, 5.41) is 15.6. The van der Waals surface area contributed by atoms with Crippen molar-refractivity contribution in [2.45, 2.75) is 13.5 Å². The van der Waals surface area contributed by atoms with E-state index in [0.29, 0.717) is 17.9 Å². The van der Waals surface area contributed by atoms with Gasteiger partial charge in [-0.05, 0) is 25.1 Å². The predicted octanol–water partition coefficient (Wildman–Crippen LogP) is 1.18. The van der Waals surface area contributed by atoms with Crippen LogP contribution in [0.3, 0.4) is 0 Å². The van der Waals surface area contributed by atoms with Gasteiger partial charge >= 0.3 is 0 Å². The Bertz CT molecular complexity index is 554. The molecule has 2 heterocycles. The van der Waals surface area contributed by atoms with Crippen LogP contribution in [0, 0.1) is 5.41 Å². The van der Waals surface area contributed by atoms with Crippen molar-refractivity contribution in [1.82, 2.24) is 15.2 Å². The third kappa shape index (κ3) is 3.04. The molecule has 0 amide bonds. The molecule has 98 valence electrons. The van der Waals surface area contributed by atoms with Crippen LogP contribution >= 0.6 is 0 Å². The van der Waals surface area contributed by atoms with Crippen LogP contribution in [0.15, 0.2) is 36.7 Å². The van der Waals surface area contributed by atoms with E-state index < -0.39 is 0 Å². The van der Waals surface area contributed by atoms with E-state index in [1.54, 1.807) is 12.3 Å². The number of hydrogen-bond donors (Lipinski definition) is 2. The lowest BCUT2D eigenvalue weighted by atomic mass is 10.2. The lowest BCUT2D eigenvalue weighted by molar-refractivity contribution is 0.778. The first-order valence-corrected chi connectivity index (χ1v) is 6.03. The number of nitrogens with two attached hydrogens (primary N) is 1. The molecule has 0 aromatic carbocycles. The predicted molar refractivity (Wildman–Crippen MR) is 74.0 cm³/mol. The second kappa shape index (κ2) is 5.90. The highest BCUT2D eigenvalue weighted by molar-refractivity contribution is 5.99. The van der Waals surface area contributed by atoms with Crippen LogP contribution in [0.5, 0.6) is 0 Å². The van der Waals surface area contributed by atoms with Crippen LogP contribution in [0.1, 0.15) is 18.2 Å². The van der Waals surface area contributed by atoms with Gasteiger partial charge in [0.15, 0.2) is 5.82 Å². The SMILES string of the molecule is CCN(Cc1ccccn1)c1nnccc1C(=N)N. The maximum Gasteiger partial charge on any atom is 0.162 e. The lowest BCUT2D eigenvalue weighted by Gasteiger charge is -2.22. The van der Waals surface area contributed by atoms with Gasteiger partial charge in [-0.2, -0.15) is 5.10 Å². The number of anilines is 1. The summed E-state index contributed by atoms with van der Waals surface area (Å²) in [7, 11) is 0. The Labute approximate surface area is 111 Å². The molecule has 0 aliphatic heterocycles. The molecular weight excluding hydrogens is 240 g/mol. The molecule has 19 heavy (non-hydrogen) atoms. The standard InChI is InChI=1S/C13H16N6/c1-2-19(9-10-5-3-4-7-16-10)13-11(12(14)15)6-8-17-18-13/h3-8H,2,9H2,1H3,(H3,14,15). The van der Waals surface area contributed by atoms with Crippen molar-refractivity contribution in [3.05, 3.63) is 47.9 Å². The van der Waals surface area contributed by atoms with E-state index in [9.17, 15) is 0 Å². The van der Waals surface area contributed by atoms with E-state index in [1.165, 1.54) is 6.20 Å². The average molecular weight is 256 g/mol. The highest BCUT2D eigenvalue weighted by Gasteiger charge is 2.14. The molecule has 0 fully saturated rings. The van der Waals surface area contributed by atoms with E-state index in [0.717, 1.165) is 12.2 Å².